The zero-order valence-electron chi connectivity index (χ0n) is 6.67. The molecular weight excluding hydrogens is 134 g/mol. The number of nitrogens with zero attached hydrogens (tertiary/aromatic N) is 1. The summed E-state index contributed by atoms with van der Waals surface area (Å²) >= 11 is 0. The van der Waals surface area contributed by atoms with E-state index in [0.29, 0.717) is 5.70 Å². The van der Waals surface area contributed by atoms with Gasteiger partial charge in [-0.15, -0.1) is 6.42 Å². The Morgan fingerprint density at radius 2 is 2.18 bits per heavy atom. The minimum atomic E-state index is 0.567. The molecule has 1 heteroatoms. The minimum Gasteiger partial charge on any atom is -0.245 e. The first-order valence-corrected chi connectivity index (χ1v) is 3.21. The Labute approximate surface area is 67.8 Å². The summed E-state index contributed by atoms with van der Waals surface area (Å²) in [6, 6.07) is 0. The molecule has 0 aromatic heterocycles. The quantitative estimate of drug-likeness (QED) is 0.328. The second-order valence-corrected chi connectivity index (χ2v) is 1.89. The number of terminal acetylenes is 1. The molecule has 1 nitrogen and oxygen atoms in total. The first-order chi connectivity index (χ1) is 5.24. The largest absolute Gasteiger partial charge is 0.245 e. The molecule has 0 amide bonds. The van der Waals surface area contributed by atoms with Crippen LogP contribution < -0.4 is 0 Å². The lowest BCUT2D eigenvalue weighted by Gasteiger charge is -1.90. The zero-order valence-corrected chi connectivity index (χ0v) is 6.67. The van der Waals surface area contributed by atoms with Crippen molar-refractivity contribution in [3.8, 4) is 12.3 Å². The average molecular weight is 145 g/mol. The van der Waals surface area contributed by atoms with Crippen molar-refractivity contribution in [3.63, 3.8) is 0 Å². The maximum absolute atomic E-state index is 5.15. The molecule has 0 saturated heterocycles. The van der Waals surface area contributed by atoms with E-state index in [1.807, 2.05) is 6.92 Å². The van der Waals surface area contributed by atoms with Crippen molar-refractivity contribution in [2.24, 2.45) is 4.99 Å². The summed E-state index contributed by atoms with van der Waals surface area (Å²) in [5.74, 6) is 2.42. The lowest BCUT2D eigenvalue weighted by molar-refractivity contribution is 1.43. The van der Waals surface area contributed by atoms with Gasteiger partial charge in [0.2, 0.25) is 0 Å². The van der Waals surface area contributed by atoms with E-state index in [1.165, 1.54) is 0 Å². The fourth-order valence-corrected chi connectivity index (χ4v) is 0.465. The van der Waals surface area contributed by atoms with Crippen LogP contribution in [0.25, 0.3) is 0 Å². The van der Waals surface area contributed by atoms with Gasteiger partial charge in [0.25, 0.3) is 0 Å². The van der Waals surface area contributed by atoms with Gasteiger partial charge in [0, 0.05) is 5.71 Å². The van der Waals surface area contributed by atoms with Crippen molar-refractivity contribution >= 4 is 5.71 Å². The Balaban J connectivity index is 4.58. The normalized spacial score (nSPS) is 12.0. The van der Waals surface area contributed by atoms with E-state index in [4.69, 9.17) is 6.42 Å². The van der Waals surface area contributed by atoms with Crippen LogP contribution >= 0.6 is 0 Å². The molecule has 11 heavy (non-hydrogen) atoms. The van der Waals surface area contributed by atoms with Crippen LogP contribution in [-0.2, 0) is 0 Å². The second kappa shape index (κ2) is 5.25. The fraction of sp³-hybridized carbons (Fsp3) is 0.100. The number of hydrogen-bond donors (Lipinski definition) is 0. The van der Waals surface area contributed by atoms with Gasteiger partial charge in [0.05, 0.1) is 0 Å². The number of hydrogen-bond acceptors (Lipinski definition) is 1. The molecular formula is C10H11N. The van der Waals surface area contributed by atoms with Crippen molar-refractivity contribution in [2.45, 2.75) is 6.92 Å². The molecule has 0 aliphatic heterocycles. The molecule has 0 radical (unpaired) electrons. The van der Waals surface area contributed by atoms with Gasteiger partial charge in [0.1, 0.15) is 5.70 Å². The predicted octanol–water partition coefficient (Wildman–Crippen LogP) is 2.34. The molecule has 0 aromatic carbocycles. The van der Waals surface area contributed by atoms with E-state index in [0.717, 1.165) is 5.71 Å². The maximum Gasteiger partial charge on any atom is 0.113 e. The van der Waals surface area contributed by atoms with Gasteiger partial charge in [-0.25, -0.2) is 4.99 Å². The third kappa shape index (κ3) is 3.94. The van der Waals surface area contributed by atoms with Crippen LogP contribution in [0.4, 0.5) is 0 Å². The van der Waals surface area contributed by atoms with Crippen LogP contribution in [0.1, 0.15) is 6.92 Å². The molecule has 0 unspecified atom stereocenters. The molecule has 0 bridgehead atoms. The van der Waals surface area contributed by atoms with Gasteiger partial charge in [0.15, 0.2) is 0 Å². The van der Waals surface area contributed by atoms with E-state index >= 15 is 0 Å². The third-order valence-electron chi connectivity index (χ3n) is 1.02. The lowest BCUT2D eigenvalue weighted by Crippen LogP contribution is -1.83. The highest BCUT2D eigenvalue weighted by Gasteiger charge is 1.85. The summed E-state index contributed by atoms with van der Waals surface area (Å²) in [5, 5.41) is 0. The molecule has 0 aromatic rings. The predicted molar refractivity (Wildman–Crippen MR) is 50.4 cm³/mol. The van der Waals surface area contributed by atoms with Crippen molar-refractivity contribution in [2.75, 3.05) is 0 Å². The van der Waals surface area contributed by atoms with Crippen LogP contribution in [0.5, 0.6) is 0 Å². The van der Waals surface area contributed by atoms with Crippen LogP contribution in [0.15, 0.2) is 42.1 Å². The van der Waals surface area contributed by atoms with Gasteiger partial charge >= 0.3 is 0 Å². The van der Waals surface area contributed by atoms with Gasteiger partial charge in [-0.2, -0.15) is 0 Å². The summed E-state index contributed by atoms with van der Waals surface area (Å²) in [6.45, 7) is 8.90. The van der Waals surface area contributed by atoms with Crippen molar-refractivity contribution in [1.29, 1.82) is 0 Å². The molecule has 0 atom stereocenters. The zero-order chi connectivity index (χ0) is 8.69. The van der Waals surface area contributed by atoms with E-state index in [9.17, 15) is 0 Å². The lowest BCUT2D eigenvalue weighted by atomic mass is 10.3. The highest BCUT2D eigenvalue weighted by molar-refractivity contribution is 5.93. The SMILES string of the molecule is C#CC(=C/C=C)/N=C(/C)C=C. The third-order valence-corrected chi connectivity index (χ3v) is 1.02. The summed E-state index contributed by atoms with van der Waals surface area (Å²) in [6.07, 6.45) is 10.1. The van der Waals surface area contributed by atoms with Crippen LogP contribution in [0.2, 0.25) is 0 Å². The molecule has 0 heterocycles. The van der Waals surface area contributed by atoms with Crippen molar-refractivity contribution in [3.05, 3.63) is 37.1 Å². The monoisotopic (exact) mass is 145 g/mol. The van der Waals surface area contributed by atoms with Crippen molar-refractivity contribution in [1.82, 2.24) is 0 Å². The average Bonchev–Trinajstić information content (AvgIpc) is 2.03. The number of rotatable bonds is 3. The first-order valence-electron chi connectivity index (χ1n) is 3.21. The van der Waals surface area contributed by atoms with E-state index < -0.39 is 0 Å². The van der Waals surface area contributed by atoms with Crippen LogP contribution in [0.3, 0.4) is 0 Å². The van der Waals surface area contributed by atoms with E-state index in [1.54, 1.807) is 18.2 Å². The van der Waals surface area contributed by atoms with Gasteiger partial charge in [-0.3, -0.25) is 0 Å². The standard InChI is InChI=1S/C10H11N/c1-5-8-10(7-3)11-9(4)6-2/h3,5-6,8H,1-2H2,4H3/b10-8-,11-9-. The molecule has 0 aliphatic carbocycles. The molecule has 0 saturated carbocycles. The van der Waals surface area contributed by atoms with Crippen LogP contribution in [-0.4, -0.2) is 5.71 Å². The minimum absolute atomic E-state index is 0.567. The maximum atomic E-state index is 5.15. The smallest absolute Gasteiger partial charge is 0.113 e. The van der Waals surface area contributed by atoms with Gasteiger partial charge in [-0.1, -0.05) is 25.2 Å². The topological polar surface area (TPSA) is 12.4 Å². The van der Waals surface area contributed by atoms with Crippen molar-refractivity contribution < 1.29 is 0 Å². The van der Waals surface area contributed by atoms with Crippen LogP contribution in [0, 0.1) is 12.3 Å². The Bertz CT molecular complexity index is 249. The molecule has 0 spiro atoms. The Morgan fingerprint density at radius 3 is 2.55 bits per heavy atom. The Kier molecular flexibility index (Phi) is 4.51. The summed E-state index contributed by atoms with van der Waals surface area (Å²) < 4.78 is 0. The summed E-state index contributed by atoms with van der Waals surface area (Å²) in [4.78, 5) is 4.06. The van der Waals surface area contributed by atoms with E-state index in [-0.39, 0.29) is 0 Å². The Morgan fingerprint density at radius 1 is 1.55 bits per heavy atom. The molecule has 0 N–H and O–H groups in total. The second-order valence-electron chi connectivity index (χ2n) is 1.89. The van der Waals surface area contributed by atoms with E-state index in [2.05, 4.69) is 24.1 Å². The molecule has 56 valence electrons. The Hall–Kier alpha value is -1.55. The number of allylic oxidation sites excluding steroid dienone is 4. The number of aliphatic imine (C=N–C) groups is 1. The molecule has 0 rings (SSSR count). The summed E-state index contributed by atoms with van der Waals surface area (Å²) in [5.41, 5.74) is 1.37. The fourth-order valence-electron chi connectivity index (χ4n) is 0.465. The summed E-state index contributed by atoms with van der Waals surface area (Å²) in [7, 11) is 0. The van der Waals surface area contributed by atoms with Gasteiger partial charge in [-0.05, 0) is 19.1 Å². The molecule has 0 aliphatic rings. The molecule has 0 fully saturated rings. The first kappa shape index (κ1) is 9.45. The highest BCUT2D eigenvalue weighted by atomic mass is 14.7. The highest BCUT2D eigenvalue weighted by Crippen LogP contribution is 1.95. The van der Waals surface area contributed by atoms with Gasteiger partial charge < -0.3 is 0 Å².